The highest BCUT2D eigenvalue weighted by Crippen LogP contribution is 2.07. The van der Waals surface area contributed by atoms with E-state index in [4.69, 9.17) is 4.74 Å². The molecule has 1 aromatic rings. The maximum absolute atomic E-state index is 11.0. The molecule has 0 aliphatic carbocycles. The van der Waals surface area contributed by atoms with Gasteiger partial charge in [0.15, 0.2) is 5.96 Å². The van der Waals surface area contributed by atoms with Crippen LogP contribution in [0.1, 0.15) is 19.3 Å². The first kappa shape index (κ1) is 22.5. The number of para-hydroxylation sites is 1. The number of aliphatic imine (C=N–C) groups is 1. The lowest BCUT2D eigenvalue weighted by Crippen LogP contribution is -2.41. The van der Waals surface area contributed by atoms with Gasteiger partial charge in [0.05, 0.1) is 13.7 Å². The lowest BCUT2D eigenvalue weighted by Gasteiger charge is -2.22. The number of unbranched alkanes of at least 4 members (excludes halogenated alkanes) is 1. The minimum absolute atomic E-state index is 0. The largest absolute Gasteiger partial charge is 0.492 e. The van der Waals surface area contributed by atoms with Gasteiger partial charge in [-0.2, -0.15) is 0 Å². The monoisotopic (exact) mass is 449 g/mol. The fourth-order valence-corrected chi connectivity index (χ4v) is 2.00. The molecule has 24 heavy (non-hydrogen) atoms. The van der Waals surface area contributed by atoms with E-state index < -0.39 is 0 Å². The molecular formula is C17H28IN3O3. The zero-order valence-electron chi connectivity index (χ0n) is 14.7. The van der Waals surface area contributed by atoms with Crippen molar-refractivity contribution < 1.29 is 14.3 Å². The van der Waals surface area contributed by atoms with Gasteiger partial charge in [0.25, 0.3) is 0 Å². The predicted octanol–water partition coefficient (Wildman–Crippen LogP) is 2.53. The third kappa shape index (κ3) is 9.59. The summed E-state index contributed by atoms with van der Waals surface area (Å²) in [6, 6.07) is 9.75. The lowest BCUT2D eigenvalue weighted by molar-refractivity contribution is -0.140. The number of likely N-dealkylation sites (N-methyl/N-ethyl adjacent to an activating group) is 1. The first-order valence-corrected chi connectivity index (χ1v) is 7.83. The van der Waals surface area contributed by atoms with Crippen LogP contribution in [0.4, 0.5) is 0 Å². The second-order valence-corrected chi connectivity index (χ2v) is 5.09. The van der Waals surface area contributed by atoms with E-state index in [-0.39, 0.29) is 29.9 Å². The van der Waals surface area contributed by atoms with Crippen LogP contribution in [0.3, 0.4) is 0 Å². The fourth-order valence-electron chi connectivity index (χ4n) is 2.00. The molecule has 0 fully saturated rings. The van der Waals surface area contributed by atoms with Crippen LogP contribution in [0, 0.1) is 0 Å². The molecule has 0 spiro atoms. The molecule has 0 bridgehead atoms. The molecule has 1 rings (SSSR count). The van der Waals surface area contributed by atoms with Gasteiger partial charge in [-0.05, 0) is 25.0 Å². The quantitative estimate of drug-likeness (QED) is 0.207. The summed E-state index contributed by atoms with van der Waals surface area (Å²) in [5.74, 6) is 1.52. The second kappa shape index (κ2) is 13.9. The van der Waals surface area contributed by atoms with Crippen molar-refractivity contribution in [3.63, 3.8) is 0 Å². The van der Waals surface area contributed by atoms with Crippen LogP contribution < -0.4 is 10.1 Å². The van der Waals surface area contributed by atoms with Gasteiger partial charge in [0.1, 0.15) is 12.4 Å². The minimum Gasteiger partial charge on any atom is -0.492 e. The van der Waals surface area contributed by atoms with Crippen LogP contribution >= 0.6 is 24.0 Å². The standard InChI is InChI=1S/C17H27N3O3.HI/c1-18-17(19-12-8-7-11-16(21)22-3)20(2)13-14-23-15-9-5-4-6-10-15;/h4-6,9-10H,7-8,11-14H2,1-3H3,(H,18,19);1H. The number of esters is 1. The fraction of sp³-hybridized carbons (Fsp3) is 0.529. The average Bonchev–Trinajstić information content (AvgIpc) is 2.58. The second-order valence-electron chi connectivity index (χ2n) is 5.09. The number of rotatable bonds is 9. The molecule has 0 saturated heterocycles. The number of nitrogens with zero attached hydrogens (tertiary/aromatic N) is 2. The highest BCUT2D eigenvalue weighted by molar-refractivity contribution is 14.0. The SMILES string of the molecule is CN=C(NCCCCC(=O)OC)N(C)CCOc1ccccc1.I. The zero-order valence-corrected chi connectivity index (χ0v) is 17.0. The van der Waals surface area contributed by atoms with Crippen molar-refractivity contribution >= 4 is 35.9 Å². The summed E-state index contributed by atoms with van der Waals surface area (Å²) in [5.41, 5.74) is 0. The summed E-state index contributed by atoms with van der Waals surface area (Å²) in [5, 5.41) is 3.28. The Kier molecular flexibility index (Phi) is 13.0. The number of methoxy groups -OCH3 is 1. The van der Waals surface area contributed by atoms with E-state index in [1.807, 2.05) is 42.3 Å². The summed E-state index contributed by atoms with van der Waals surface area (Å²) in [6.45, 7) is 2.09. The molecule has 0 radical (unpaired) electrons. The number of hydrogen-bond acceptors (Lipinski definition) is 4. The van der Waals surface area contributed by atoms with E-state index in [0.717, 1.165) is 37.6 Å². The molecule has 136 valence electrons. The molecule has 0 aliphatic heterocycles. The lowest BCUT2D eigenvalue weighted by atomic mass is 10.2. The molecule has 7 heteroatoms. The first-order valence-electron chi connectivity index (χ1n) is 7.83. The number of ether oxygens (including phenoxy) is 2. The molecule has 1 aromatic carbocycles. The molecule has 0 aromatic heterocycles. The number of guanidine groups is 1. The molecule has 0 atom stereocenters. The highest BCUT2D eigenvalue weighted by Gasteiger charge is 2.06. The molecule has 0 saturated carbocycles. The van der Waals surface area contributed by atoms with Gasteiger partial charge in [-0.25, -0.2) is 0 Å². The Morgan fingerprint density at radius 1 is 1.25 bits per heavy atom. The summed E-state index contributed by atoms with van der Waals surface area (Å²) in [7, 11) is 5.14. The number of hydrogen-bond donors (Lipinski definition) is 1. The van der Waals surface area contributed by atoms with Gasteiger partial charge >= 0.3 is 5.97 Å². The van der Waals surface area contributed by atoms with Crippen LogP contribution in [0.5, 0.6) is 5.75 Å². The van der Waals surface area contributed by atoms with E-state index in [1.165, 1.54) is 7.11 Å². The number of carbonyl (C=O) groups is 1. The Hall–Kier alpha value is -1.51. The van der Waals surface area contributed by atoms with Crippen molar-refractivity contribution in [1.82, 2.24) is 10.2 Å². The predicted molar refractivity (Wildman–Crippen MR) is 107 cm³/mol. The van der Waals surface area contributed by atoms with Gasteiger partial charge in [-0.3, -0.25) is 9.79 Å². The van der Waals surface area contributed by atoms with Crippen LogP contribution in [-0.2, 0) is 9.53 Å². The van der Waals surface area contributed by atoms with Crippen molar-refractivity contribution in [2.45, 2.75) is 19.3 Å². The van der Waals surface area contributed by atoms with Crippen LogP contribution in [0.15, 0.2) is 35.3 Å². The third-order valence-electron chi connectivity index (χ3n) is 3.33. The Balaban J connectivity index is 0.00000529. The van der Waals surface area contributed by atoms with Crippen molar-refractivity contribution in [3.8, 4) is 5.75 Å². The van der Waals surface area contributed by atoms with Gasteiger partial charge < -0.3 is 19.7 Å². The number of benzene rings is 1. The van der Waals surface area contributed by atoms with Crippen LogP contribution in [0.25, 0.3) is 0 Å². The Morgan fingerprint density at radius 3 is 2.58 bits per heavy atom. The topological polar surface area (TPSA) is 63.2 Å². The van der Waals surface area contributed by atoms with Gasteiger partial charge in [-0.1, -0.05) is 18.2 Å². The Bertz CT molecular complexity index is 483. The molecule has 0 unspecified atom stereocenters. The summed E-state index contributed by atoms with van der Waals surface area (Å²) in [4.78, 5) is 17.3. The van der Waals surface area contributed by atoms with Crippen molar-refractivity contribution in [2.24, 2.45) is 4.99 Å². The summed E-state index contributed by atoms with van der Waals surface area (Å²) < 4.78 is 10.3. The van der Waals surface area contributed by atoms with E-state index in [1.54, 1.807) is 7.05 Å². The molecular weight excluding hydrogens is 421 g/mol. The van der Waals surface area contributed by atoms with Gasteiger partial charge in [-0.15, -0.1) is 24.0 Å². The van der Waals surface area contributed by atoms with E-state index >= 15 is 0 Å². The van der Waals surface area contributed by atoms with Gasteiger partial charge in [0.2, 0.25) is 0 Å². The minimum atomic E-state index is -0.162. The highest BCUT2D eigenvalue weighted by atomic mass is 127. The van der Waals surface area contributed by atoms with Crippen LogP contribution in [-0.4, -0.2) is 57.7 Å². The maximum atomic E-state index is 11.0. The summed E-state index contributed by atoms with van der Waals surface area (Å²) >= 11 is 0. The normalized spacial score (nSPS) is 10.5. The summed E-state index contributed by atoms with van der Waals surface area (Å²) in [6.07, 6.45) is 2.15. The molecule has 0 aliphatic rings. The molecule has 6 nitrogen and oxygen atoms in total. The van der Waals surface area contributed by atoms with Gasteiger partial charge in [0, 0.05) is 27.1 Å². The molecule has 0 amide bonds. The van der Waals surface area contributed by atoms with E-state index in [9.17, 15) is 4.79 Å². The number of nitrogens with one attached hydrogen (secondary N) is 1. The van der Waals surface area contributed by atoms with Crippen LogP contribution in [0.2, 0.25) is 0 Å². The maximum Gasteiger partial charge on any atom is 0.305 e. The molecule has 1 N–H and O–H groups in total. The van der Waals surface area contributed by atoms with Crippen molar-refractivity contribution in [3.05, 3.63) is 30.3 Å². The van der Waals surface area contributed by atoms with Crippen molar-refractivity contribution in [2.75, 3.05) is 40.9 Å². The number of carbonyl (C=O) groups excluding carboxylic acids is 1. The Morgan fingerprint density at radius 2 is 1.96 bits per heavy atom. The van der Waals surface area contributed by atoms with E-state index in [2.05, 4.69) is 15.0 Å². The van der Waals surface area contributed by atoms with Crippen molar-refractivity contribution in [1.29, 1.82) is 0 Å². The first-order chi connectivity index (χ1) is 11.2. The average molecular weight is 449 g/mol. The Labute approximate surface area is 161 Å². The smallest absolute Gasteiger partial charge is 0.305 e. The third-order valence-corrected chi connectivity index (χ3v) is 3.33. The zero-order chi connectivity index (χ0) is 16.9. The van der Waals surface area contributed by atoms with E-state index in [0.29, 0.717) is 13.0 Å². The number of halogens is 1. The molecule has 0 heterocycles.